The normalized spacial score (nSPS) is 22.5. The number of thiazole rings is 1. The van der Waals surface area contributed by atoms with Crippen LogP contribution in [-0.2, 0) is 52.8 Å². The van der Waals surface area contributed by atoms with Gasteiger partial charge >= 0.3 is 12.1 Å². The zero-order valence-corrected chi connectivity index (χ0v) is 45.8. The summed E-state index contributed by atoms with van der Waals surface area (Å²) in [6.07, 6.45) is -1.83. The molecule has 3 aromatic heterocycles. The number of rotatable bonds is 11. The second kappa shape index (κ2) is 22.0. The highest BCUT2D eigenvalue weighted by Gasteiger charge is 2.58. The van der Waals surface area contributed by atoms with Crippen LogP contribution in [0.2, 0.25) is 0 Å². The molecule has 5 aliphatic heterocycles. The number of hydrogen-bond donors (Lipinski definition) is 2. The minimum Gasteiger partial charge on any atom is -0.464 e. The van der Waals surface area contributed by atoms with E-state index in [1.165, 1.54) is 37.1 Å². The van der Waals surface area contributed by atoms with E-state index in [-0.39, 0.29) is 63.8 Å². The molecule has 17 nitrogen and oxygen atoms in total. The molecule has 2 N–H and O–H groups in total. The van der Waals surface area contributed by atoms with E-state index in [9.17, 15) is 41.5 Å². The SMILES string of the molecule is CCn1c(-c2cc(N3CCN(CC(F)(F)F)CC3)cnc2[C@H](C)OC)c2c3cc(c(F)cc31)-c1csc(n1)C[C@H](NC(=O)[C@H](C(C)C)N1CCC3(CN(C(=O)[C@H](F)Cl)C3)C1=O)C(=O)N1CCC[C@H](N1)C(=O)OCC(C)(C)C2. The number of pyridine rings is 1. The van der Waals surface area contributed by atoms with Gasteiger partial charge in [-0.1, -0.05) is 39.3 Å². The smallest absolute Gasteiger partial charge is 0.401 e. The molecule has 24 heteroatoms. The number of ether oxygens (including phenoxy) is 2. The van der Waals surface area contributed by atoms with Crippen LogP contribution in [0, 0.1) is 22.6 Å². The van der Waals surface area contributed by atoms with Crippen LogP contribution in [0.25, 0.3) is 33.4 Å². The van der Waals surface area contributed by atoms with E-state index in [2.05, 4.69) is 10.7 Å². The number of carbonyl (C=O) groups is 5. The van der Waals surface area contributed by atoms with Gasteiger partial charge in [0, 0.05) is 99.7 Å². The van der Waals surface area contributed by atoms with Crippen LogP contribution in [-0.4, -0.2) is 166 Å². The van der Waals surface area contributed by atoms with Crippen LogP contribution in [0.3, 0.4) is 0 Å². The van der Waals surface area contributed by atoms with Gasteiger partial charge in [-0.2, -0.15) is 13.2 Å². The van der Waals surface area contributed by atoms with E-state index in [1.807, 2.05) is 43.2 Å². The third kappa shape index (κ3) is 11.4. The number of methoxy groups -OCH3 is 1. The lowest BCUT2D eigenvalue weighted by molar-refractivity contribution is -0.158. The molecule has 1 aromatic carbocycles. The van der Waals surface area contributed by atoms with Crippen molar-refractivity contribution >= 4 is 69.1 Å². The topological polar surface area (TPSA) is 175 Å². The molecule has 4 aromatic rings. The second-order valence-corrected chi connectivity index (χ2v) is 23.5. The van der Waals surface area contributed by atoms with Crippen LogP contribution < -0.4 is 15.6 Å². The largest absolute Gasteiger partial charge is 0.464 e. The molecule has 4 saturated heterocycles. The van der Waals surface area contributed by atoms with Crippen molar-refractivity contribution in [1.29, 1.82) is 0 Å². The predicted molar refractivity (Wildman–Crippen MR) is 279 cm³/mol. The highest BCUT2D eigenvalue weighted by atomic mass is 35.5. The Morgan fingerprint density at radius 2 is 1.77 bits per heavy atom. The Kier molecular flexibility index (Phi) is 16.0. The standard InChI is InChI=1S/C53H66ClF5N10O7S/c1-8-67-40-20-36(55)33-19-32(40)35(44(67)34-18-31(23-60-42(34)30(4)75-7)65-16-14-64(15-17-65)27-53(57,58)59)22-51(5,6)28-76-49(73)37-10-9-12-69(63-37)47(71)38(21-41-61-39(33)24-77-41)62-46(70)43(29(2)3)68-13-11-52(50(68)74)25-66(26-52)48(72)45(54)56/h18-20,23-24,29-30,37-38,43,45,63H,8-17,21-22,25-28H2,1-7H3,(H,62,70)/t30-,37-,38-,43-,45-/m0/s1. The Morgan fingerprint density at radius 3 is 2.43 bits per heavy atom. The summed E-state index contributed by atoms with van der Waals surface area (Å²) >= 11 is 6.59. The van der Waals surface area contributed by atoms with E-state index in [1.54, 1.807) is 38.6 Å². The Labute approximate surface area is 452 Å². The summed E-state index contributed by atoms with van der Waals surface area (Å²) < 4.78 is 84.7. The fraction of sp³-hybridized carbons (Fsp3) is 0.604. The third-order valence-electron chi connectivity index (χ3n) is 15.7. The number of piperazine rings is 1. The number of alkyl halides is 5. The van der Waals surface area contributed by atoms with Gasteiger partial charge in [-0.15, -0.1) is 11.3 Å². The van der Waals surface area contributed by atoms with Gasteiger partial charge in [-0.05, 0) is 69.2 Å². The van der Waals surface area contributed by atoms with Crippen LogP contribution in [0.15, 0.2) is 29.8 Å². The maximum Gasteiger partial charge on any atom is 0.401 e. The molecule has 0 saturated carbocycles. The van der Waals surface area contributed by atoms with Gasteiger partial charge in [-0.25, -0.2) is 19.2 Å². The van der Waals surface area contributed by atoms with E-state index < -0.39 is 88.8 Å². The van der Waals surface area contributed by atoms with Crippen molar-refractivity contribution in [1.82, 2.24) is 45.0 Å². The zero-order chi connectivity index (χ0) is 55.5. The molecule has 0 aliphatic carbocycles. The first-order valence-electron chi connectivity index (χ1n) is 26.2. The van der Waals surface area contributed by atoms with Gasteiger partial charge in [0.1, 0.15) is 23.9 Å². The molecular weight excluding hydrogens is 1050 g/mol. The van der Waals surface area contributed by atoms with Crippen LogP contribution >= 0.6 is 22.9 Å². The number of nitrogens with one attached hydrogen (secondary N) is 2. The predicted octanol–water partition coefficient (Wildman–Crippen LogP) is 6.65. The Balaban J connectivity index is 1.09. The molecule has 1 spiro atoms. The van der Waals surface area contributed by atoms with Crippen molar-refractivity contribution in [3.8, 4) is 22.5 Å². The van der Waals surface area contributed by atoms with E-state index >= 15 is 4.39 Å². The first kappa shape index (κ1) is 56.2. The Hall–Kier alpha value is -5.49. The second-order valence-electron chi connectivity index (χ2n) is 22.2. The van der Waals surface area contributed by atoms with Gasteiger partial charge < -0.3 is 34.1 Å². The van der Waals surface area contributed by atoms with E-state index in [4.69, 9.17) is 31.0 Å². The number of likely N-dealkylation sites (tertiary alicyclic amines) is 2. The molecular formula is C53H66ClF5N10O7S. The lowest BCUT2D eigenvalue weighted by Crippen LogP contribution is -2.64. The number of nitrogens with zero attached hydrogens (tertiary/aromatic N) is 8. The van der Waals surface area contributed by atoms with Crippen molar-refractivity contribution in [2.24, 2.45) is 16.7 Å². The maximum absolute atomic E-state index is 17.0. The zero-order valence-electron chi connectivity index (χ0n) is 44.3. The van der Waals surface area contributed by atoms with Gasteiger partial charge in [-0.3, -0.25) is 38.9 Å². The minimum atomic E-state index is -4.32. The highest BCUT2D eigenvalue weighted by molar-refractivity contribution is 7.10. The van der Waals surface area contributed by atoms with Crippen molar-refractivity contribution in [3.05, 3.63) is 51.9 Å². The molecule has 0 unspecified atom stereocenters. The van der Waals surface area contributed by atoms with Crippen molar-refractivity contribution in [2.75, 3.05) is 77.5 Å². The lowest BCUT2D eigenvalue weighted by Gasteiger charge is -2.46. The van der Waals surface area contributed by atoms with Crippen LogP contribution in [0.4, 0.5) is 27.6 Å². The number of aryl methyl sites for hydroxylation is 1. The van der Waals surface area contributed by atoms with Gasteiger partial charge in [0.15, 0.2) is 0 Å². The average molecular weight is 1120 g/mol. The first-order valence-corrected chi connectivity index (χ1v) is 27.5. The molecule has 9 rings (SSSR count). The van der Waals surface area contributed by atoms with Crippen LogP contribution in [0.1, 0.15) is 83.2 Å². The number of hydrogen-bond acceptors (Lipinski definition) is 13. The van der Waals surface area contributed by atoms with Gasteiger partial charge in [0.05, 0.1) is 64.2 Å². The molecule has 77 heavy (non-hydrogen) atoms. The fourth-order valence-corrected chi connectivity index (χ4v) is 12.7. The number of aromatic nitrogens is 3. The fourth-order valence-electron chi connectivity index (χ4n) is 11.7. The number of esters is 1. The average Bonchev–Trinajstić information content (AvgIpc) is 4.24. The summed E-state index contributed by atoms with van der Waals surface area (Å²) in [6, 6.07) is 1.99. The molecule has 4 fully saturated rings. The monoisotopic (exact) mass is 1120 g/mol. The van der Waals surface area contributed by atoms with Crippen molar-refractivity contribution in [3.63, 3.8) is 0 Å². The minimum absolute atomic E-state index is 0.0320. The van der Waals surface area contributed by atoms with Crippen molar-refractivity contribution < 1.29 is 55.4 Å². The Morgan fingerprint density at radius 1 is 1.04 bits per heavy atom. The number of benzene rings is 1. The molecule has 5 aliphatic rings. The van der Waals surface area contributed by atoms with E-state index in [0.717, 1.165) is 11.3 Å². The number of anilines is 1. The Bertz CT molecular complexity index is 2920. The summed E-state index contributed by atoms with van der Waals surface area (Å²) in [5.74, 6) is -4.05. The van der Waals surface area contributed by atoms with Gasteiger partial charge in [0.2, 0.25) is 11.8 Å². The lowest BCUT2D eigenvalue weighted by atomic mass is 9.78. The van der Waals surface area contributed by atoms with Gasteiger partial charge in [0.25, 0.3) is 17.4 Å². The number of fused-ring (bicyclic) bond motifs is 6. The third-order valence-corrected chi connectivity index (χ3v) is 16.8. The number of hydrazine groups is 1. The van der Waals surface area contributed by atoms with Crippen molar-refractivity contribution in [2.45, 2.75) is 116 Å². The maximum atomic E-state index is 17.0. The molecule has 4 amide bonds. The molecule has 5 atom stereocenters. The summed E-state index contributed by atoms with van der Waals surface area (Å²) in [5.41, 5.74) is 3.66. The summed E-state index contributed by atoms with van der Waals surface area (Å²) in [5, 5.41) is 7.02. The highest BCUT2D eigenvalue weighted by Crippen LogP contribution is 2.45. The number of halogens is 6. The summed E-state index contributed by atoms with van der Waals surface area (Å²) in [4.78, 5) is 85.6. The quantitative estimate of drug-likeness (QED) is 0.0932. The number of carbonyl (C=O) groups excluding carboxylic acids is 5. The summed E-state index contributed by atoms with van der Waals surface area (Å²) in [7, 11) is 1.57. The molecule has 0 radical (unpaired) electrons. The molecule has 418 valence electrons. The number of amides is 4. The number of cyclic esters (lactones) is 1. The molecule has 6 bridgehead atoms. The molecule has 8 heterocycles. The summed E-state index contributed by atoms with van der Waals surface area (Å²) in [6.45, 7) is 12.0. The first-order chi connectivity index (χ1) is 36.4. The van der Waals surface area contributed by atoms with Crippen LogP contribution in [0.5, 0.6) is 0 Å². The van der Waals surface area contributed by atoms with E-state index in [0.29, 0.717) is 83.9 Å².